The van der Waals surface area contributed by atoms with Crippen molar-refractivity contribution in [1.82, 2.24) is 4.98 Å². The molecule has 0 spiro atoms. The second-order valence-electron chi connectivity index (χ2n) is 3.31. The van der Waals surface area contributed by atoms with Gasteiger partial charge in [0.15, 0.2) is 0 Å². The van der Waals surface area contributed by atoms with E-state index in [-0.39, 0.29) is 16.3 Å². The first-order valence-electron chi connectivity index (χ1n) is 4.78. The van der Waals surface area contributed by atoms with Gasteiger partial charge in [0.25, 0.3) is 0 Å². The molecule has 2 N–H and O–H groups in total. The number of nitriles is 1. The van der Waals surface area contributed by atoms with Gasteiger partial charge in [-0.1, -0.05) is 0 Å². The van der Waals surface area contributed by atoms with E-state index in [9.17, 15) is 13.2 Å². The van der Waals surface area contributed by atoms with E-state index < -0.39 is 24.6 Å². The molecule has 98 valence electrons. The number of alkyl halides is 3. The fraction of sp³-hybridized carbons (Fsp3) is 0.400. The molecule has 1 heterocycles. The SMILES string of the molecule is N#Cc1ccc(C(F)(F)F)nc1SCC(O)CO. The molecule has 0 aliphatic carbocycles. The van der Waals surface area contributed by atoms with Crippen molar-refractivity contribution in [2.24, 2.45) is 0 Å². The zero-order valence-corrected chi connectivity index (χ0v) is 9.79. The van der Waals surface area contributed by atoms with E-state index in [4.69, 9.17) is 15.5 Å². The van der Waals surface area contributed by atoms with Gasteiger partial charge in [0, 0.05) is 5.75 Å². The maximum Gasteiger partial charge on any atom is 0.433 e. The van der Waals surface area contributed by atoms with E-state index in [0.717, 1.165) is 23.9 Å². The van der Waals surface area contributed by atoms with Crippen molar-refractivity contribution in [1.29, 1.82) is 5.26 Å². The molecule has 0 saturated heterocycles. The highest BCUT2D eigenvalue weighted by Crippen LogP contribution is 2.30. The Bertz CT molecular complexity index is 459. The molecule has 0 bridgehead atoms. The standard InChI is InChI=1S/C10H9F3N2O2S/c11-10(12,13)8-2-1-6(3-14)9(15-8)18-5-7(17)4-16/h1-2,7,16-17H,4-5H2. The summed E-state index contributed by atoms with van der Waals surface area (Å²) in [6.07, 6.45) is -5.66. The molecule has 0 aromatic carbocycles. The van der Waals surface area contributed by atoms with Crippen molar-refractivity contribution in [3.63, 3.8) is 0 Å². The summed E-state index contributed by atoms with van der Waals surface area (Å²) in [6.45, 7) is -0.506. The minimum absolute atomic E-state index is 0.00172. The average molecular weight is 278 g/mol. The van der Waals surface area contributed by atoms with Crippen LogP contribution in [0.15, 0.2) is 17.2 Å². The van der Waals surface area contributed by atoms with Crippen molar-refractivity contribution < 1.29 is 23.4 Å². The lowest BCUT2D eigenvalue weighted by atomic mass is 10.2. The van der Waals surface area contributed by atoms with Crippen LogP contribution in [0.25, 0.3) is 0 Å². The van der Waals surface area contributed by atoms with Gasteiger partial charge >= 0.3 is 6.18 Å². The number of nitrogens with zero attached hydrogens (tertiary/aromatic N) is 2. The number of pyridine rings is 1. The molecule has 1 aromatic rings. The lowest BCUT2D eigenvalue weighted by Crippen LogP contribution is -2.15. The number of hydrogen-bond donors (Lipinski definition) is 2. The summed E-state index contributed by atoms with van der Waals surface area (Å²) in [4.78, 5) is 3.34. The average Bonchev–Trinajstić information content (AvgIpc) is 2.34. The van der Waals surface area contributed by atoms with Crippen LogP contribution in [0.4, 0.5) is 13.2 Å². The molecule has 0 saturated carbocycles. The first kappa shape index (κ1) is 14.8. The zero-order chi connectivity index (χ0) is 13.8. The molecule has 1 atom stereocenters. The summed E-state index contributed by atoms with van der Waals surface area (Å²) < 4.78 is 37.3. The van der Waals surface area contributed by atoms with Gasteiger partial charge in [-0.2, -0.15) is 18.4 Å². The van der Waals surface area contributed by atoms with Crippen LogP contribution in [0.1, 0.15) is 11.3 Å². The molecule has 8 heteroatoms. The van der Waals surface area contributed by atoms with Crippen molar-refractivity contribution in [3.8, 4) is 6.07 Å². The predicted molar refractivity (Wildman–Crippen MR) is 57.8 cm³/mol. The van der Waals surface area contributed by atoms with Crippen LogP contribution >= 0.6 is 11.8 Å². The summed E-state index contributed by atoms with van der Waals surface area (Å²) in [6, 6.07) is 3.48. The number of aromatic nitrogens is 1. The highest BCUT2D eigenvalue weighted by Gasteiger charge is 2.33. The van der Waals surface area contributed by atoms with Crippen LogP contribution < -0.4 is 0 Å². The maximum atomic E-state index is 12.4. The highest BCUT2D eigenvalue weighted by molar-refractivity contribution is 7.99. The van der Waals surface area contributed by atoms with E-state index >= 15 is 0 Å². The molecule has 1 rings (SSSR count). The Morgan fingerprint density at radius 3 is 2.61 bits per heavy atom. The lowest BCUT2D eigenvalue weighted by Gasteiger charge is -2.10. The quantitative estimate of drug-likeness (QED) is 0.814. The molecule has 4 nitrogen and oxygen atoms in total. The van der Waals surface area contributed by atoms with Gasteiger partial charge in [-0.3, -0.25) is 0 Å². The fourth-order valence-corrected chi connectivity index (χ4v) is 1.91. The summed E-state index contributed by atoms with van der Waals surface area (Å²) >= 11 is 0.791. The summed E-state index contributed by atoms with van der Waals surface area (Å²) in [5.74, 6) is -0.0422. The smallest absolute Gasteiger partial charge is 0.394 e. The first-order chi connectivity index (χ1) is 8.38. The van der Waals surface area contributed by atoms with Crippen molar-refractivity contribution in [3.05, 3.63) is 23.4 Å². The number of rotatable bonds is 4. The maximum absolute atomic E-state index is 12.4. The monoisotopic (exact) mass is 278 g/mol. The Morgan fingerprint density at radius 2 is 2.11 bits per heavy atom. The number of hydrogen-bond acceptors (Lipinski definition) is 5. The van der Waals surface area contributed by atoms with Crippen molar-refractivity contribution >= 4 is 11.8 Å². The molecule has 0 radical (unpaired) electrons. The number of halogens is 3. The summed E-state index contributed by atoms with van der Waals surface area (Å²) in [5.41, 5.74) is -1.10. The second-order valence-corrected chi connectivity index (χ2v) is 4.31. The third-order valence-corrected chi connectivity index (χ3v) is 3.03. The van der Waals surface area contributed by atoms with Gasteiger partial charge < -0.3 is 10.2 Å². The van der Waals surface area contributed by atoms with Gasteiger partial charge in [-0.25, -0.2) is 4.98 Å². The molecular weight excluding hydrogens is 269 g/mol. The lowest BCUT2D eigenvalue weighted by molar-refractivity contribution is -0.141. The van der Waals surface area contributed by atoms with E-state index in [1.807, 2.05) is 0 Å². The molecule has 0 amide bonds. The van der Waals surface area contributed by atoms with Gasteiger partial charge in [-0.05, 0) is 12.1 Å². The van der Waals surface area contributed by atoms with Crippen LogP contribution in [0.3, 0.4) is 0 Å². The highest BCUT2D eigenvalue weighted by atomic mass is 32.2. The molecule has 0 aliphatic heterocycles. The Hall–Kier alpha value is -1.30. The molecule has 1 aromatic heterocycles. The van der Waals surface area contributed by atoms with Crippen LogP contribution in [0, 0.1) is 11.3 Å². The van der Waals surface area contributed by atoms with Crippen LogP contribution in [0.2, 0.25) is 0 Å². The van der Waals surface area contributed by atoms with Gasteiger partial charge in [0.1, 0.15) is 16.8 Å². The Labute approximate surface area is 105 Å². The first-order valence-corrected chi connectivity index (χ1v) is 5.77. The minimum Gasteiger partial charge on any atom is -0.394 e. The van der Waals surface area contributed by atoms with E-state index in [1.54, 1.807) is 6.07 Å². The van der Waals surface area contributed by atoms with Gasteiger partial charge in [0.2, 0.25) is 0 Å². The third-order valence-electron chi connectivity index (χ3n) is 1.89. The van der Waals surface area contributed by atoms with E-state index in [0.29, 0.717) is 0 Å². The topological polar surface area (TPSA) is 77.1 Å². The van der Waals surface area contributed by atoms with Crippen molar-refractivity contribution in [2.45, 2.75) is 17.3 Å². The molecule has 0 fully saturated rings. The van der Waals surface area contributed by atoms with Gasteiger partial charge in [-0.15, -0.1) is 11.8 Å². The largest absolute Gasteiger partial charge is 0.433 e. The number of aliphatic hydroxyl groups is 2. The Balaban J connectivity index is 2.97. The molecule has 18 heavy (non-hydrogen) atoms. The normalized spacial score (nSPS) is 13.1. The van der Waals surface area contributed by atoms with E-state index in [2.05, 4.69) is 4.98 Å². The Morgan fingerprint density at radius 1 is 1.44 bits per heavy atom. The minimum atomic E-state index is -4.58. The number of aliphatic hydroxyl groups excluding tert-OH is 2. The molecule has 0 aliphatic rings. The van der Waals surface area contributed by atoms with Crippen molar-refractivity contribution in [2.75, 3.05) is 12.4 Å². The van der Waals surface area contributed by atoms with Gasteiger partial charge in [0.05, 0.1) is 18.3 Å². The van der Waals surface area contributed by atoms with E-state index in [1.165, 1.54) is 0 Å². The third kappa shape index (κ3) is 3.87. The van der Waals surface area contributed by atoms with Crippen LogP contribution in [0.5, 0.6) is 0 Å². The second kappa shape index (κ2) is 6.04. The summed E-state index contributed by atoms with van der Waals surface area (Å²) in [7, 11) is 0. The predicted octanol–water partition coefficient (Wildman–Crippen LogP) is 1.42. The van der Waals surface area contributed by atoms with Crippen LogP contribution in [-0.4, -0.2) is 33.7 Å². The summed E-state index contributed by atoms with van der Waals surface area (Å²) in [5, 5.41) is 26.3. The zero-order valence-electron chi connectivity index (χ0n) is 8.98. The van der Waals surface area contributed by atoms with Crippen LogP contribution in [-0.2, 0) is 6.18 Å². The Kier molecular flexibility index (Phi) is 4.95. The fourth-order valence-electron chi connectivity index (χ4n) is 1.02. The number of thioether (sulfide) groups is 1. The molecule has 1 unspecified atom stereocenters. The molecular formula is C10H9F3N2O2S.